The van der Waals surface area contributed by atoms with E-state index in [2.05, 4.69) is 41.4 Å². The Bertz CT molecular complexity index is 384. The zero-order chi connectivity index (χ0) is 13.7. The van der Waals surface area contributed by atoms with Crippen molar-refractivity contribution in [3.63, 3.8) is 0 Å². The minimum Gasteiger partial charge on any atom is -0.310 e. The molecule has 4 heteroatoms. The Morgan fingerprint density at radius 2 is 2.21 bits per heavy atom. The summed E-state index contributed by atoms with van der Waals surface area (Å²) in [7, 11) is 0. The Morgan fingerprint density at radius 1 is 1.42 bits per heavy atom. The summed E-state index contributed by atoms with van der Waals surface area (Å²) in [6, 6.07) is 0. The molecular formula is C15H27N3S. The molecule has 0 amide bonds. The van der Waals surface area contributed by atoms with E-state index in [9.17, 15) is 0 Å². The quantitative estimate of drug-likeness (QED) is 0.899. The highest BCUT2D eigenvalue weighted by Gasteiger charge is 2.29. The van der Waals surface area contributed by atoms with Crippen molar-refractivity contribution in [1.82, 2.24) is 15.2 Å². The van der Waals surface area contributed by atoms with Crippen LogP contribution in [0, 0.1) is 6.92 Å². The molecule has 1 aliphatic heterocycles. The molecule has 108 valence electrons. The summed E-state index contributed by atoms with van der Waals surface area (Å²) in [5, 5.41) is 7.16. The lowest BCUT2D eigenvalue weighted by molar-refractivity contribution is 0.198. The molecule has 19 heavy (non-hydrogen) atoms. The van der Waals surface area contributed by atoms with Crippen LogP contribution in [0.15, 0.2) is 5.38 Å². The first-order valence-electron chi connectivity index (χ1n) is 7.56. The number of aromatic nitrogens is 1. The van der Waals surface area contributed by atoms with Crippen LogP contribution in [-0.2, 0) is 6.42 Å². The van der Waals surface area contributed by atoms with Gasteiger partial charge in [0.05, 0.1) is 10.7 Å². The van der Waals surface area contributed by atoms with E-state index in [1.807, 2.05) is 0 Å². The molecule has 1 aromatic heterocycles. The lowest BCUT2D eigenvalue weighted by atomic mass is 9.92. The van der Waals surface area contributed by atoms with Crippen molar-refractivity contribution in [1.29, 1.82) is 0 Å². The molecule has 2 rings (SSSR count). The van der Waals surface area contributed by atoms with Crippen LogP contribution in [0.2, 0.25) is 0 Å². The molecule has 2 heterocycles. The van der Waals surface area contributed by atoms with E-state index in [4.69, 9.17) is 0 Å². The summed E-state index contributed by atoms with van der Waals surface area (Å²) in [6.07, 6.45) is 4.79. The lowest BCUT2D eigenvalue weighted by Gasteiger charge is -2.35. The Balaban J connectivity index is 1.91. The SMILES string of the molecule is CCC1(CC)CN(CCc2csc(C)n2)CCCN1. The van der Waals surface area contributed by atoms with Crippen LogP contribution in [0.4, 0.5) is 0 Å². The number of nitrogens with zero attached hydrogens (tertiary/aromatic N) is 2. The normalized spacial score (nSPS) is 20.4. The third-order valence-electron chi connectivity index (χ3n) is 4.38. The Morgan fingerprint density at radius 3 is 2.84 bits per heavy atom. The fraction of sp³-hybridized carbons (Fsp3) is 0.800. The van der Waals surface area contributed by atoms with Crippen molar-refractivity contribution >= 4 is 11.3 Å². The monoisotopic (exact) mass is 281 g/mol. The number of hydrogen-bond donors (Lipinski definition) is 1. The summed E-state index contributed by atoms with van der Waals surface area (Å²) in [6.45, 7) is 11.4. The third kappa shape index (κ3) is 4.01. The van der Waals surface area contributed by atoms with E-state index in [1.54, 1.807) is 11.3 Å². The minimum atomic E-state index is 0.328. The molecule has 0 radical (unpaired) electrons. The van der Waals surface area contributed by atoms with Crippen LogP contribution in [0.1, 0.15) is 43.8 Å². The molecule has 0 bridgehead atoms. The largest absolute Gasteiger partial charge is 0.310 e. The Hall–Kier alpha value is -0.450. The van der Waals surface area contributed by atoms with Crippen LogP contribution in [0.3, 0.4) is 0 Å². The molecule has 1 aromatic rings. The molecule has 1 aliphatic rings. The summed E-state index contributed by atoms with van der Waals surface area (Å²) in [4.78, 5) is 7.20. The van der Waals surface area contributed by atoms with Crippen molar-refractivity contribution in [2.75, 3.05) is 26.2 Å². The molecule has 0 aromatic carbocycles. The third-order valence-corrected chi connectivity index (χ3v) is 5.20. The van der Waals surface area contributed by atoms with E-state index in [1.165, 1.54) is 43.1 Å². The minimum absolute atomic E-state index is 0.328. The van der Waals surface area contributed by atoms with Crippen molar-refractivity contribution in [3.05, 3.63) is 16.1 Å². The highest BCUT2D eigenvalue weighted by Crippen LogP contribution is 2.20. The maximum atomic E-state index is 4.57. The van der Waals surface area contributed by atoms with Gasteiger partial charge in [-0.15, -0.1) is 11.3 Å². The van der Waals surface area contributed by atoms with Gasteiger partial charge in [-0.2, -0.15) is 0 Å². The average molecular weight is 281 g/mol. The van der Waals surface area contributed by atoms with Gasteiger partial charge < -0.3 is 10.2 Å². The second-order valence-electron chi connectivity index (χ2n) is 5.65. The zero-order valence-electron chi connectivity index (χ0n) is 12.5. The van der Waals surface area contributed by atoms with E-state index in [0.29, 0.717) is 5.54 Å². The fourth-order valence-corrected chi connectivity index (χ4v) is 3.58. The highest BCUT2D eigenvalue weighted by molar-refractivity contribution is 7.09. The molecule has 1 fully saturated rings. The second-order valence-corrected chi connectivity index (χ2v) is 6.71. The van der Waals surface area contributed by atoms with Crippen LogP contribution in [0.5, 0.6) is 0 Å². The standard InChI is InChI=1S/C15H27N3S/c1-4-15(5-2)12-18(9-6-8-16-15)10-7-14-11-19-13(3)17-14/h11,16H,4-10,12H2,1-3H3. The summed E-state index contributed by atoms with van der Waals surface area (Å²) < 4.78 is 0. The predicted octanol–water partition coefficient (Wildman–Crippen LogP) is 2.85. The molecule has 0 spiro atoms. The van der Waals surface area contributed by atoms with Crippen LogP contribution in [0.25, 0.3) is 0 Å². The molecule has 0 unspecified atom stereocenters. The van der Waals surface area contributed by atoms with E-state index >= 15 is 0 Å². The van der Waals surface area contributed by atoms with Crippen molar-refractivity contribution in [2.45, 2.75) is 52.0 Å². The molecule has 0 saturated carbocycles. The number of rotatable bonds is 5. The van der Waals surface area contributed by atoms with Crippen LogP contribution >= 0.6 is 11.3 Å². The lowest BCUT2D eigenvalue weighted by Crippen LogP contribution is -2.50. The van der Waals surface area contributed by atoms with Crippen molar-refractivity contribution in [2.24, 2.45) is 0 Å². The number of aryl methyl sites for hydroxylation is 1. The maximum absolute atomic E-state index is 4.57. The highest BCUT2D eigenvalue weighted by atomic mass is 32.1. The van der Waals surface area contributed by atoms with Gasteiger partial charge in [0, 0.05) is 30.4 Å². The summed E-state index contributed by atoms with van der Waals surface area (Å²) in [5.74, 6) is 0. The molecule has 1 N–H and O–H groups in total. The van der Waals surface area contributed by atoms with Gasteiger partial charge in [-0.3, -0.25) is 0 Å². The average Bonchev–Trinajstić information content (AvgIpc) is 2.73. The van der Waals surface area contributed by atoms with E-state index < -0.39 is 0 Å². The van der Waals surface area contributed by atoms with Gasteiger partial charge in [0.2, 0.25) is 0 Å². The molecule has 1 saturated heterocycles. The molecule has 0 aliphatic carbocycles. The van der Waals surface area contributed by atoms with Gasteiger partial charge in [-0.25, -0.2) is 4.98 Å². The molecule has 3 nitrogen and oxygen atoms in total. The van der Waals surface area contributed by atoms with Gasteiger partial charge in [-0.1, -0.05) is 13.8 Å². The van der Waals surface area contributed by atoms with Crippen LogP contribution < -0.4 is 5.32 Å². The van der Waals surface area contributed by atoms with Gasteiger partial charge in [-0.05, 0) is 39.3 Å². The van der Waals surface area contributed by atoms with Gasteiger partial charge in [0.1, 0.15) is 0 Å². The van der Waals surface area contributed by atoms with Crippen molar-refractivity contribution in [3.8, 4) is 0 Å². The predicted molar refractivity (Wildman–Crippen MR) is 82.9 cm³/mol. The fourth-order valence-electron chi connectivity index (χ4n) is 2.93. The van der Waals surface area contributed by atoms with Gasteiger partial charge in [0.15, 0.2) is 0 Å². The second kappa shape index (κ2) is 6.82. The van der Waals surface area contributed by atoms with Crippen LogP contribution in [-0.4, -0.2) is 41.6 Å². The van der Waals surface area contributed by atoms with E-state index in [0.717, 1.165) is 19.5 Å². The summed E-state index contributed by atoms with van der Waals surface area (Å²) in [5.41, 5.74) is 1.59. The summed E-state index contributed by atoms with van der Waals surface area (Å²) >= 11 is 1.76. The first-order chi connectivity index (χ1) is 9.17. The number of thiazole rings is 1. The first-order valence-corrected chi connectivity index (χ1v) is 8.44. The number of hydrogen-bond acceptors (Lipinski definition) is 4. The molecule has 0 atom stereocenters. The van der Waals surface area contributed by atoms with E-state index in [-0.39, 0.29) is 0 Å². The maximum Gasteiger partial charge on any atom is 0.0897 e. The topological polar surface area (TPSA) is 28.2 Å². The zero-order valence-corrected chi connectivity index (χ0v) is 13.4. The Kier molecular flexibility index (Phi) is 5.37. The smallest absolute Gasteiger partial charge is 0.0897 e. The number of nitrogens with one attached hydrogen (secondary N) is 1. The first kappa shape index (κ1) is 14.9. The molecular weight excluding hydrogens is 254 g/mol. The van der Waals surface area contributed by atoms with Gasteiger partial charge in [0.25, 0.3) is 0 Å². The van der Waals surface area contributed by atoms with Crippen molar-refractivity contribution < 1.29 is 0 Å². The Labute approximate surface area is 121 Å². The van der Waals surface area contributed by atoms with Gasteiger partial charge >= 0.3 is 0 Å².